The van der Waals surface area contributed by atoms with E-state index in [1.54, 1.807) is 10.3 Å². The van der Waals surface area contributed by atoms with Crippen LogP contribution in [0.3, 0.4) is 0 Å². The SMILES string of the molecule is CC(=O)Nc1nc(C(=O)N2CCO[C@@H](C)C2)cs1. The van der Waals surface area contributed by atoms with Gasteiger partial charge in [-0.1, -0.05) is 0 Å². The number of hydrogen-bond donors (Lipinski definition) is 1. The first-order chi connectivity index (χ1) is 8.56. The zero-order valence-electron chi connectivity index (χ0n) is 10.3. The van der Waals surface area contributed by atoms with Crippen molar-refractivity contribution in [1.29, 1.82) is 0 Å². The van der Waals surface area contributed by atoms with Crippen LogP contribution < -0.4 is 5.32 Å². The fourth-order valence-electron chi connectivity index (χ4n) is 1.74. The minimum absolute atomic E-state index is 0.0520. The lowest BCUT2D eigenvalue weighted by atomic mass is 10.3. The van der Waals surface area contributed by atoms with Gasteiger partial charge in [0.25, 0.3) is 5.91 Å². The first-order valence-electron chi connectivity index (χ1n) is 5.70. The molecule has 0 unspecified atom stereocenters. The number of rotatable bonds is 2. The number of hydrogen-bond acceptors (Lipinski definition) is 5. The maximum atomic E-state index is 12.1. The molecule has 2 rings (SSSR count). The van der Waals surface area contributed by atoms with Crippen molar-refractivity contribution in [3.05, 3.63) is 11.1 Å². The van der Waals surface area contributed by atoms with Crippen LogP contribution >= 0.6 is 11.3 Å². The predicted molar refractivity (Wildman–Crippen MR) is 67.7 cm³/mol. The second-order valence-electron chi connectivity index (χ2n) is 4.15. The Labute approximate surface area is 109 Å². The summed E-state index contributed by atoms with van der Waals surface area (Å²) in [4.78, 5) is 28.9. The monoisotopic (exact) mass is 269 g/mol. The van der Waals surface area contributed by atoms with E-state index in [4.69, 9.17) is 4.74 Å². The Morgan fingerprint density at radius 2 is 2.39 bits per heavy atom. The molecule has 1 N–H and O–H groups in total. The third kappa shape index (κ3) is 3.05. The summed E-state index contributed by atoms with van der Waals surface area (Å²) in [6, 6.07) is 0. The molecule has 1 aliphatic rings. The van der Waals surface area contributed by atoms with Gasteiger partial charge in [-0.3, -0.25) is 9.59 Å². The summed E-state index contributed by atoms with van der Waals surface area (Å²) in [7, 11) is 0. The van der Waals surface area contributed by atoms with E-state index >= 15 is 0 Å². The van der Waals surface area contributed by atoms with Gasteiger partial charge in [0.1, 0.15) is 5.69 Å². The molecule has 1 aromatic heterocycles. The molecule has 1 fully saturated rings. The molecule has 1 aliphatic heterocycles. The maximum Gasteiger partial charge on any atom is 0.273 e. The molecule has 0 aliphatic carbocycles. The molecule has 6 nitrogen and oxygen atoms in total. The Balaban J connectivity index is 2.04. The highest BCUT2D eigenvalue weighted by atomic mass is 32.1. The van der Waals surface area contributed by atoms with Gasteiger partial charge in [-0.25, -0.2) is 4.98 Å². The van der Waals surface area contributed by atoms with E-state index in [1.165, 1.54) is 18.3 Å². The van der Waals surface area contributed by atoms with Gasteiger partial charge in [-0.2, -0.15) is 0 Å². The van der Waals surface area contributed by atoms with Gasteiger partial charge in [0.15, 0.2) is 5.13 Å². The summed E-state index contributed by atoms with van der Waals surface area (Å²) in [5, 5.41) is 4.68. The van der Waals surface area contributed by atoms with Crippen molar-refractivity contribution in [2.45, 2.75) is 20.0 Å². The van der Waals surface area contributed by atoms with Crippen molar-refractivity contribution in [3.63, 3.8) is 0 Å². The van der Waals surface area contributed by atoms with Gasteiger partial charge in [0.05, 0.1) is 12.7 Å². The second kappa shape index (κ2) is 5.45. The number of ether oxygens (including phenoxy) is 1. The van der Waals surface area contributed by atoms with E-state index in [0.29, 0.717) is 30.5 Å². The fraction of sp³-hybridized carbons (Fsp3) is 0.545. The predicted octanol–water partition coefficient (Wildman–Crippen LogP) is 0.962. The van der Waals surface area contributed by atoms with Crippen LogP contribution in [0.2, 0.25) is 0 Å². The number of nitrogens with zero attached hydrogens (tertiary/aromatic N) is 2. The average Bonchev–Trinajstić information content (AvgIpc) is 2.75. The summed E-state index contributed by atoms with van der Waals surface area (Å²) < 4.78 is 5.38. The number of nitrogens with one attached hydrogen (secondary N) is 1. The van der Waals surface area contributed by atoms with Crippen LogP contribution in [-0.4, -0.2) is 47.5 Å². The number of morpholine rings is 1. The number of aromatic nitrogens is 1. The third-order valence-electron chi connectivity index (χ3n) is 2.53. The Hall–Kier alpha value is -1.47. The molecule has 0 spiro atoms. The Bertz CT molecular complexity index is 460. The van der Waals surface area contributed by atoms with Gasteiger partial charge < -0.3 is 15.0 Å². The number of carbonyl (C=O) groups excluding carboxylic acids is 2. The fourth-order valence-corrected chi connectivity index (χ4v) is 2.48. The first-order valence-corrected chi connectivity index (χ1v) is 6.58. The molecule has 1 atom stereocenters. The van der Waals surface area contributed by atoms with Crippen molar-refractivity contribution >= 4 is 28.3 Å². The average molecular weight is 269 g/mol. The van der Waals surface area contributed by atoms with E-state index in [-0.39, 0.29) is 17.9 Å². The van der Waals surface area contributed by atoms with Crippen LogP contribution in [0.15, 0.2) is 5.38 Å². The lowest BCUT2D eigenvalue weighted by Gasteiger charge is -2.30. The van der Waals surface area contributed by atoms with Crippen LogP contribution in [0, 0.1) is 0 Å². The lowest BCUT2D eigenvalue weighted by molar-refractivity contribution is -0.114. The van der Waals surface area contributed by atoms with Gasteiger partial charge in [0, 0.05) is 25.4 Å². The van der Waals surface area contributed by atoms with Crippen molar-refractivity contribution in [2.75, 3.05) is 25.0 Å². The number of thiazole rings is 1. The minimum atomic E-state index is -0.191. The maximum absolute atomic E-state index is 12.1. The van der Waals surface area contributed by atoms with Crippen molar-refractivity contribution < 1.29 is 14.3 Å². The molecule has 0 radical (unpaired) electrons. The minimum Gasteiger partial charge on any atom is -0.375 e. The topological polar surface area (TPSA) is 71.5 Å². The smallest absolute Gasteiger partial charge is 0.273 e. The summed E-state index contributed by atoms with van der Waals surface area (Å²) in [5.74, 6) is -0.304. The molecule has 0 saturated carbocycles. The van der Waals surface area contributed by atoms with Crippen LogP contribution in [0.25, 0.3) is 0 Å². The standard InChI is InChI=1S/C11H15N3O3S/c1-7-5-14(3-4-17-7)10(16)9-6-18-11(13-9)12-8(2)15/h6-7H,3-5H2,1-2H3,(H,12,13,15)/t7-/m0/s1. The molecule has 0 bridgehead atoms. The molecule has 1 aromatic rings. The van der Waals surface area contributed by atoms with E-state index in [0.717, 1.165) is 0 Å². The number of anilines is 1. The second-order valence-corrected chi connectivity index (χ2v) is 5.01. The van der Waals surface area contributed by atoms with Gasteiger partial charge >= 0.3 is 0 Å². The quantitative estimate of drug-likeness (QED) is 0.868. The van der Waals surface area contributed by atoms with Crippen LogP contribution in [0.5, 0.6) is 0 Å². The summed E-state index contributed by atoms with van der Waals surface area (Å²) in [6.45, 7) is 5.05. The Morgan fingerprint density at radius 3 is 3.06 bits per heavy atom. The Kier molecular flexibility index (Phi) is 3.93. The first kappa shape index (κ1) is 13.0. The number of amides is 2. The molecular formula is C11H15N3O3S. The molecule has 0 aromatic carbocycles. The van der Waals surface area contributed by atoms with Crippen LogP contribution in [0.1, 0.15) is 24.3 Å². The van der Waals surface area contributed by atoms with Crippen LogP contribution in [-0.2, 0) is 9.53 Å². The zero-order valence-corrected chi connectivity index (χ0v) is 11.1. The zero-order chi connectivity index (χ0) is 13.1. The van der Waals surface area contributed by atoms with Gasteiger partial charge in [-0.05, 0) is 6.92 Å². The van der Waals surface area contributed by atoms with E-state index in [2.05, 4.69) is 10.3 Å². The van der Waals surface area contributed by atoms with Crippen LogP contribution in [0.4, 0.5) is 5.13 Å². The van der Waals surface area contributed by atoms with Crippen molar-refractivity contribution in [2.24, 2.45) is 0 Å². The normalized spacial score (nSPS) is 19.7. The lowest BCUT2D eigenvalue weighted by Crippen LogP contribution is -2.44. The summed E-state index contributed by atoms with van der Waals surface area (Å²) >= 11 is 1.25. The van der Waals surface area contributed by atoms with E-state index in [1.807, 2.05) is 6.92 Å². The van der Waals surface area contributed by atoms with Crippen molar-refractivity contribution in [1.82, 2.24) is 9.88 Å². The largest absolute Gasteiger partial charge is 0.375 e. The van der Waals surface area contributed by atoms with Crippen molar-refractivity contribution in [3.8, 4) is 0 Å². The Morgan fingerprint density at radius 1 is 1.61 bits per heavy atom. The highest BCUT2D eigenvalue weighted by molar-refractivity contribution is 7.14. The molecule has 98 valence electrons. The van der Waals surface area contributed by atoms with E-state index in [9.17, 15) is 9.59 Å². The molecule has 7 heteroatoms. The van der Waals surface area contributed by atoms with Gasteiger partial charge in [0.2, 0.25) is 5.91 Å². The third-order valence-corrected chi connectivity index (χ3v) is 3.29. The number of carbonyl (C=O) groups is 2. The highest BCUT2D eigenvalue weighted by Gasteiger charge is 2.24. The molecule has 18 heavy (non-hydrogen) atoms. The van der Waals surface area contributed by atoms with E-state index < -0.39 is 0 Å². The molecular weight excluding hydrogens is 254 g/mol. The van der Waals surface area contributed by atoms with Gasteiger partial charge in [-0.15, -0.1) is 11.3 Å². The molecule has 2 amide bonds. The highest BCUT2D eigenvalue weighted by Crippen LogP contribution is 2.17. The summed E-state index contributed by atoms with van der Waals surface area (Å²) in [6.07, 6.45) is 0.0520. The summed E-state index contributed by atoms with van der Waals surface area (Å²) in [5.41, 5.74) is 0.373. The molecule has 2 heterocycles. The molecule has 1 saturated heterocycles.